The predicted octanol–water partition coefficient (Wildman–Crippen LogP) is 5.42. The van der Waals surface area contributed by atoms with Crippen molar-refractivity contribution in [1.29, 1.82) is 0 Å². The van der Waals surface area contributed by atoms with Crippen LogP contribution in [0.4, 0.5) is 0 Å². The summed E-state index contributed by atoms with van der Waals surface area (Å²) in [6.45, 7) is 9.80. The summed E-state index contributed by atoms with van der Waals surface area (Å²) in [5.41, 5.74) is 4.28. The highest BCUT2D eigenvalue weighted by molar-refractivity contribution is 6.30. The molecule has 1 aliphatic rings. The van der Waals surface area contributed by atoms with E-state index in [0.717, 1.165) is 28.9 Å². The third kappa shape index (κ3) is 4.28. The molecular weight excluding hydrogens is 372 g/mol. The molecule has 1 aromatic heterocycles. The maximum absolute atomic E-state index is 12.0. The van der Waals surface area contributed by atoms with Gasteiger partial charge in [0.15, 0.2) is 0 Å². The fourth-order valence-electron chi connectivity index (χ4n) is 4.56. The van der Waals surface area contributed by atoms with E-state index >= 15 is 0 Å². The number of aromatic carboxylic acids is 1. The van der Waals surface area contributed by atoms with Gasteiger partial charge in [-0.25, -0.2) is 4.79 Å². The highest BCUT2D eigenvalue weighted by Crippen LogP contribution is 2.30. The molecule has 0 bridgehead atoms. The second-order valence-electron chi connectivity index (χ2n) is 8.30. The lowest BCUT2D eigenvalue weighted by Gasteiger charge is -2.34. The van der Waals surface area contributed by atoms with Crippen LogP contribution >= 0.6 is 11.6 Å². The zero-order valence-electron chi connectivity index (χ0n) is 17.3. The third-order valence-electron chi connectivity index (χ3n) is 6.63. The number of carboxylic acid groups (broad SMARTS) is 1. The number of nitrogens with one attached hydrogen (secondary N) is 1. The van der Waals surface area contributed by atoms with Gasteiger partial charge < -0.3 is 15.0 Å². The van der Waals surface area contributed by atoms with Gasteiger partial charge in [-0.05, 0) is 49.8 Å². The number of carbonyl (C=O) groups is 1. The lowest BCUT2D eigenvalue weighted by Crippen LogP contribution is -2.40. The largest absolute Gasteiger partial charge is 0.478 e. The molecule has 1 heterocycles. The zero-order valence-corrected chi connectivity index (χ0v) is 18.0. The Hall–Kier alpha value is -1.78. The number of carboxylic acids is 1. The minimum atomic E-state index is -0.850. The van der Waals surface area contributed by atoms with Crippen LogP contribution < -0.4 is 5.32 Å². The van der Waals surface area contributed by atoms with Crippen LogP contribution in [0.5, 0.6) is 0 Å². The van der Waals surface area contributed by atoms with Crippen LogP contribution in [0.25, 0.3) is 0 Å². The van der Waals surface area contributed by atoms with E-state index in [4.69, 9.17) is 11.6 Å². The maximum Gasteiger partial charge on any atom is 0.337 e. The first-order valence-electron chi connectivity index (χ1n) is 10.2. The number of halogens is 1. The number of benzene rings is 1. The first kappa shape index (κ1) is 20.9. The van der Waals surface area contributed by atoms with Gasteiger partial charge in [0.05, 0.1) is 5.56 Å². The third-order valence-corrected chi connectivity index (χ3v) is 6.88. The van der Waals surface area contributed by atoms with Gasteiger partial charge in [-0.2, -0.15) is 0 Å². The SMILES string of the molecule is Cc1c(CNC2CCCC(C)C2C)c(C(=O)O)c(C)n1Cc1ccc(Cl)cc1. The summed E-state index contributed by atoms with van der Waals surface area (Å²) in [5.74, 6) is 0.472. The van der Waals surface area contributed by atoms with Gasteiger partial charge in [0.25, 0.3) is 0 Å². The Morgan fingerprint density at radius 1 is 1.18 bits per heavy atom. The predicted molar refractivity (Wildman–Crippen MR) is 114 cm³/mol. The lowest BCUT2D eigenvalue weighted by atomic mass is 9.78. The van der Waals surface area contributed by atoms with Crippen LogP contribution in [0, 0.1) is 25.7 Å². The molecular formula is C23H31ClN2O2. The molecule has 2 N–H and O–H groups in total. The van der Waals surface area contributed by atoms with Gasteiger partial charge in [-0.3, -0.25) is 0 Å². The van der Waals surface area contributed by atoms with Crippen molar-refractivity contribution in [2.24, 2.45) is 11.8 Å². The van der Waals surface area contributed by atoms with Crippen molar-refractivity contribution in [3.63, 3.8) is 0 Å². The molecule has 3 rings (SSSR count). The van der Waals surface area contributed by atoms with E-state index < -0.39 is 5.97 Å². The minimum absolute atomic E-state index is 0.440. The van der Waals surface area contributed by atoms with E-state index in [0.29, 0.717) is 41.6 Å². The quantitative estimate of drug-likeness (QED) is 0.678. The standard InChI is InChI=1S/C23H31ClN2O2/c1-14-6-5-7-21(15(14)2)25-12-20-16(3)26(17(4)22(20)23(27)28)13-18-8-10-19(24)11-9-18/h8-11,14-15,21,25H,5-7,12-13H2,1-4H3,(H,27,28). The number of hydrogen-bond acceptors (Lipinski definition) is 2. The summed E-state index contributed by atoms with van der Waals surface area (Å²) in [6.07, 6.45) is 3.69. The summed E-state index contributed by atoms with van der Waals surface area (Å²) in [5, 5.41) is 14.2. The maximum atomic E-state index is 12.0. The molecule has 0 radical (unpaired) electrons. The van der Waals surface area contributed by atoms with Crippen molar-refractivity contribution in [1.82, 2.24) is 9.88 Å². The topological polar surface area (TPSA) is 54.3 Å². The Bertz CT molecular complexity index is 841. The van der Waals surface area contributed by atoms with Gasteiger partial charge in [-0.15, -0.1) is 0 Å². The summed E-state index contributed by atoms with van der Waals surface area (Å²) in [4.78, 5) is 12.0. The van der Waals surface area contributed by atoms with Crippen molar-refractivity contribution >= 4 is 17.6 Å². The lowest BCUT2D eigenvalue weighted by molar-refractivity contribution is 0.0694. The number of hydrogen-bond donors (Lipinski definition) is 2. The van der Waals surface area contributed by atoms with Crippen LogP contribution in [0.1, 0.15) is 66.0 Å². The molecule has 1 fully saturated rings. The normalized spacial score (nSPS) is 22.4. The number of aromatic nitrogens is 1. The van der Waals surface area contributed by atoms with E-state index in [2.05, 4.69) is 23.7 Å². The Morgan fingerprint density at radius 2 is 1.86 bits per heavy atom. The second kappa shape index (κ2) is 8.71. The Morgan fingerprint density at radius 3 is 2.50 bits per heavy atom. The molecule has 1 saturated carbocycles. The molecule has 5 heteroatoms. The first-order valence-corrected chi connectivity index (χ1v) is 10.6. The van der Waals surface area contributed by atoms with E-state index in [1.54, 1.807) is 0 Å². The highest BCUT2D eigenvalue weighted by atomic mass is 35.5. The monoisotopic (exact) mass is 402 g/mol. The van der Waals surface area contributed by atoms with Crippen molar-refractivity contribution in [2.75, 3.05) is 0 Å². The molecule has 1 aliphatic carbocycles. The molecule has 28 heavy (non-hydrogen) atoms. The molecule has 3 unspecified atom stereocenters. The molecule has 0 amide bonds. The van der Waals surface area contributed by atoms with Gasteiger partial charge >= 0.3 is 5.97 Å². The van der Waals surface area contributed by atoms with E-state index in [1.807, 2.05) is 38.1 Å². The van der Waals surface area contributed by atoms with Gasteiger partial charge in [0.2, 0.25) is 0 Å². The summed E-state index contributed by atoms with van der Waals surface area (Å²) >= 11 is 5.99. The molecule has 0 spiro atoms. The Kier molecular flexibility index (Phi) is 6.51. The van der Waals surface area contributed by atoms with Crippen molar-refractivity contribution in [2.45, 2.75) is 66.1 Å². The van der Waals surface area contributed by atoms with Gasteiger partial charge in [-0.1, -0.05) is 50.4 Å². The fourth-order valence-corrected chi connectivity index (χ4v) is 4.69. The molecule has 2 aromatic rings. The zero-order chi connectivity index (χ0) is 20.4. The van der Waals surface area contributed by atoms with E-state index in [9.17, 15) is 9.90 Å². The number of rotatable bonds is 6. The first-order chi connectivity index (χ1) is 13.3. The molecule has 1 aromatic carbocycles. The molecule has 4 nitrogen and oxygen atoms in total. The fraction of sp³-hybridized carbons (Fsp3) is 0.522. The van der Waals surface area contributed by atoms with Crippen molar-refractivity contribution < 1.29 is 9.90 Å². The summed E-state index contributed by atoms with van der Waals surface area (Å²) < 4.78 is 2.11. The number of nitrogens with zero attached hydrogens (tertiary/aromatic N) is 1. The minimum Gasteiger partial charge on any atom is -0.478 e. The summed E-state index contributed by atoms with van der Waals surface area (Å²) in [7, 11) is 0. The highest BCUT2D eigenvalue weighted by Gasteiger charge is 2.28. The smallest absolute Gasteiger partial charge is 0.337 e. The average molecular weight is 403 g/mol. The van der Waals surface area contributed by atoms with Gasteiger partial charge in [0, 0.05) is 41.1 Å². The van der Waals surface area contributed by atoms with Crippen molar-refractivity contribution in [3.8, 4) is 0 Å². The van der Waals surface area contributed by atoms with Gasteiger partial charge in [0.1, 0.15) is 0 Å². The molecule has 0 aliphatic heterocycles. The molecule has 3 atom stereocenters. The summed E-state index contributed by atoms with van der Waals surface area (Å²) in [6, 6.07) is 8.17. The molecule has 0 saturated heterocycles. The second-order valence-corrected chi connectivity index (χ2v) is 8.73. The van der Waals surface area contributed by atoms with Crippen LogP contribution in [0.2, 0.25) is 5.02 Å². The van der Waals surface area contributed by atoms with Crippen LogP contribution in [-0.2, 0) is 13.1 Å². The Labute approximate surface area is 172 Å². The van der Waals surface area contributed by atoms with Crippen molar-refractivity contribution in [3.05, 3.63) is 57.4 Å². The van der Waals surface area contributed by atoms with Crippen LogP contribution in [-0.4, -0.2) is 21.7 Å². The van der Waals surface area contributed by atoms with E-state index in [1.165, 1.54) is 12.8 Å². The Balaban J connectivity index is 1.85. The van der Waals surface area contributed by atoms with E-state index in [-0.39, 0.29) is 0 Å². The molecule has 152 valence electrons. The average Bonchev–Trinajstić information content (AvgIpc) is 2.89. The van der Waals surface area contributed by atoms with Crippen LogP contribution in [0.15, 0.2) is 24.3 Å². The van der Waals surface area contributed by atoms with Crippen LogP contribution in [0.3, 0.4) is 0 Å².